The van der Waals surface area contributed by atoms with E-state index in [1.165, 1.54) is 6.92 Å². The zero-order valence-electron chi connectivity index (χ0n) is 10.7. The van der Waals surface area contributed by atoms with Crippen molar-refractivity contribution in [3.8, 4) is 11.3 Å². The van der Waals surface area contributed by atoms with Crippen molar-refractivity contribution < 1.29 is 14.1 Å². The quantitative estimate of drug-likeness (QED) is 0.924. The predicted molar refractivity (Wildman–Crippen MR) is 74.8 cm³/mol. The summed E-state index contributed by atoms with van der Waals surface area (Å²) < 4.78 is 5.02. The zero-order chi connectivity index (χ0) is 14.9. The molecule has 1 aromatic carbocycles. The number of amides is 2. The van der Waals surface area contributed by atoms with Crippen LogP contribution in [0.5, 0.6) is 0 Å². The number of carbonyl (C=O) groups is 2. The summed E-state index contributed by atoms with van der Waals surface area (Å²) in [7, 11) is 0. The number of benzene rings is 1. The molecule has 0 saturated heterocycles. The Morgan fingerprint density at radius 1 is 1.25 bits per heavy atom. The van der Waals surface area contributed by atoms with Gasteiger partial charge in [-0.1, -0.05) is 34.4 Å². The molecule has 104 valence electrons. The maximum Gasteiger partial charge on any atom is 0.263 e. The first-order valence-corrected chi connectivity index (χ1v) is 6.40. The van der Waals surface area contributed by atoms with Gasteiger partial charge in [-0.3, -0.25) is 14.9 Å². The SMILES string of the molecule is CC(=O)NC(=O)c1c(-c2c(Cl)cccc2Cl)noc1C. The van der Waals surface area contributed by atoms with Crippen LogP contribution in [0, 0.1) is 6.92 Å². The molecule has 0 unspecified atom stereocenters. The van der Waals surface area contributed by atoms with Gasteiger partial charge in [0, 0.05) is 12.5 Å². The van der Waals surface area contributed by atoms with Crippen molar-refractivity contribution in [3.05, 3.63) is 39.6 Å². The number of rotatable bonds is 2. The smallest absolute Gasteiger partial charge is 0.263 e. The third kappa shape index (κ3) is 2.69. The minimum atomic E-state index is -0.609. The van der Waals surface area contributed by atoms with Crippen molar-refractivity contribution in [2.24, 2.45) is 0 Å². The van der Waals surface area contributed by atoms with E-state index in [-0.39, 0.29) is 17.0 Å². The number of hydrogen-bond donors (Lipinski definition) is 1. The maximum atomic E-state index is 12.0. The highest BCUT2D eigenvalue weighted by atomic mass is 35.5. The van der Waals surface area contributed by atoms with E-state index in [0.29, 0.717) is 15.6 Å². The molecule has 20 heavy (non-hydrogen) atoms. The van der Waals surface area contributed by atoms with Crippen LogP contribution in [0.1, 0.15) is 23.0 Å². The molecule has 1 aromatic heterocycles. The van der Waals surface area contributed by atoms with Gasteiger partial charge in [-0.05, 0) is 19.1 Å². The number of imide groups is 1. The van der Waals surface area contributed by atoms with Crippen LogP contribution in [0.2, 0.25) is 10.0 Å². The molecule has 5 nitrogen and oxygen atoms in total. The van der Waals surface area contributed by atoms with Crippen molar-refractivity contribution in [2.45, 2.75) is 13.8 Å². The third-order valence-corrected chi connectivity index (χ3v) is 3.21. The topological polar surface area (TPSA) is 72.2 Å². The highest BCUT2D eigenvalue weighted by Crippen LogP contribution is 2.36. The molecule has 0 saturated carbocycles. The molecule has 2 rings (SSSR count). The fourth-order valence-electron chi connectivity index (χ4n) is 1.76. The molecule has 0 bridgehead atoms. The number of aryl methyl sites for hydroxylation is 1. The number of halogens is 2. The van der Waals surface area contributed by atoms with Crippen LogP contribution in [0.15, 0.2) is 22.7 Å². The molecular formula is C13H10Cl2N2O3. The van der Waals surface area contributed by atoms with Crippen LogP contribution in [-0.4, -0.2) is 17.0 Å². The molecule has 2 amide bonds. The van der Waals surface area contributed by atoms with Gasteiger partial charge in [-0.25, -0.2) is 0 Å². The van der Waals surface area contributed by atoms with Crippen LogP contribution in [0.3, 0.4) is 0 Å². The van der Waals surface area contributed by atoms with E-state index in [2.05, 4.69) is 10.5 Å². The van der Waals surface area contributed by atoms with Crippen LogP contribution in [-0.2, 0) is 4.79 Å². The van der Waals surface area contributed by atoms with Crippen molar-refractivity contribution >= 4 is 35.0 Å². The van der Waals surface area contributed by atoms with Gasteiger partial charge in [0.1, 0.15) is 17.0 Å². The molecule has 0 aliphatic heterocycles. The largest absolute Gasteiger partial charge is 0.360 e. The summed E-state index contributed by atoms with van der Waals surface area (Å²) in [5, 5.41) is 6.66. The summed E-state index contributed by atoms with van der Waals surface area (Å²) in [4.78, 5) is 23.0. The van der Waals surface area contributed by atoms with Gasteiger partial charge >= 0.3 is 0 Å². The van der Waals surface area contributed by atoms with Crippen LogP contribution < -0.4 is 5.32 Å². The molecule has 0 radical (unpaired) electrons. The summed E-state index contributed by atoms with van der Waals surface area (Å²) in [6.07, 6.45) is 0. The Kier molecular flexibility index (Phi) is 4.11. The fraction of sp³-hybridized carbons (Fsp3) is 0.154. The molecular weight excluding hydrogens is 303 g/mol. The summed E-state index contributed by atoms with van der Waals surface area (Å²) >= 11 is 12.2. The van der Waals surface area contributed by atoms with Gasteiger partial charge in [-0.15, -0.1) is 0 Å². The first-order valence-electron chi connectivity index (χ1n) is 5.64. The molecule has 0 fully saturated rings. The van der Waals surface area contributed by atoms with Crippen molar-refractivity contribution in [2.75, 3.05) is 0 Å². The molecule has 2 aromatic rings. The zero-order valence-corrected chi connectivity index (χ0v) is 12.2. The lowest BCUT2D eigenvalue weighted by Crippen LogP contribution is -2.28. The number of aromatic nitrogens is 1. The van der Waals surface area contributed by atoms with Gasteiger partial charge in [0.15, 0.2) is 0 Å². The summed E-state index contributed by atoms with van der Waals surface area (Å²) in [6.45, 7) is 2.80. The van der Waals surface area contributed by atoms with Gasteiger partial charge in [0.05, 0.1) is 10.0 Å². The number of nitrogens with zero attached hydrogens (tertiary/aromatic N) is 1. The number of carbonyl (C=O) groups excluding carboxylic acids is 2. The first-order chi connectivity index (χ1) is 9.41. The lowest BCUT2D eigenvalue weighted by atomic mass is 10.1. The summed E-state index contributed by atoms with van der Waals surface area (Å²) in [5.41, 5.74) is 0.730. The molecule has 0 aliphatic carbocycles. The van der Waals surface area contributed by atoms with Gasteiger partial charge < -0.3 is 4.52 Å². The molecule has 0 spiro atoms. The molecule has 0 atom stereocenters. The Morgan fingerprint density at radius 3 is 2.40 bits per heavy atom. The average Bonchev–Trinajstić information content (AvgIpc) is 2.70. The Hall–Kier alpha value is -1.85. The van der Waals surface area contributed by atoms with Crippen molar-refractivity contribution in [3.63, 3.8) is 0 Å². The molecule has 1 N–H and O–H groups in total. The van der Waals surface area contributed by atoms with Gasteiger partial charge in [-0.2, -0.15) is 0 Å². The Balaban J connectivity index is 2.60. The molecule has 1 heterocycles. The van der Waals surface area contributed by atoms with E-state index < -0.39 is 11.8 Å². The van der Waals surface area contributed by atoms with Gasteiger partial charge in [0.25, 0.3) is 5.91 Å². The van der Waals surface area contributed by atoms with Gasteiger partial charge in [0.2, 0.25) is 5.91 Å². The summed E-state index contributed by atoms with van der Waals surface area (Å²) in [6, 6.07) is 4.93. The minimum Gasteiger partial charge on any atom is -0.360 e. The molecule has 7 heteroatoms. The second-order valence-electron chi connectivity index (χ2n) is 4.07. The highest BCUT2D eigenvalue weighted by molar-refractivity contribution is 6.39. The summed E-state index contributed by atoms with van der Waals surface area (Å²) in [5.74, 6) is -0.816. The minimum absolute atomic E-state index is 0.134. The fourth-order valence-corrected chi connectivity index (χ4v) is 2.33. The lowest BCUT2D eigenvalue weighted by molar-refractivity contribution is -0.118. The van der Waals surface area contributed by atoms with Crippen LogP contribution in [0.4, 0.5) is 0 Å². The molecule has 0 aliphatic rings. The number of hydrogen-bond acceptors (Lipinski definition) is 4. The highest BCUT2D eigenvalue weighted by Gasteiger charge is 2.25. The Bertz CT molecular complexity index is 675. The lowest BCUT2D eigenvalue weighted by Gasteiger charge is -2.06. The van der Waals surface area contributed by atoms with Crippen molar-refractivity contribution in [1.82, 2.24) is 10.5 Å². The normalized spacial score (nSPS) is 10.4. The first kappa shape index (κ1) is 14.6. The van der Waals surface area contributed by atoms with E-state index in [1.807, 2.05) is 0 Å². The number of nitrogens with one attached hydrogen (secondary N) is 1. The average molecular weight is 313 g/mol. The van der Waals surface area contributed by atoms with E-state index >= 15 is 0 Å². The Morgan fingerprint density at radius 2 is 1.85 bits per heavy atom. The standard InChI is InChI=1S/C13H10Cl2N2O3/c1-6-10(13(19)16-7(2)18)12(17-20-6)11-8(14)4-3-5-9(11)15/h3-5H,1-2H3,(H,16,18,19). The van der Waals surface area contributed by atoms with E-state index in [0.717, 1.165) is 0 Å². The second kappa shape index (κ2) is 5.64. The Labute approximate surface area is 124 Å². The third-order valence-electron chi connectivity index (χ3n) is 2.58. The monoisotopic (exact) mass is 312 g/mol. The van der Waals surface area contributed by atoms with E-state index in [4.69, 9.17) is 27.7 Å². The van der Waals surface area contributed by atoms with E-state index in [1.54, 1.807) is 25.1 Å². The second-order valence-corrected chi connectivity index (χ2v) is 4.88. The van der Waals surface area contributed by atoms with Crippen molar-refractivity contribution in [1.29, 1.82) is 0 Å². The predicted octanol–water partition coefficient (Wildman–Crippen LogP) is 3.23. The van der Waals surface area contributed by atoms with Crippen LogP contribution in [0.25, 0.3) is 11.3 Å². The maximum absolute atomic E-state index is 12.0. The van der Waals surface area contributed by atoms with E-state index in [9.17, 15) is 9.59 Å². The van der Waals surface area contributed by atoms with Crippen LogP contribution >= 0.6 is 23.2 Å².